The molecule has 0 spiro atoms. The van der Waals surface area contributed by atoms with E-state index in [1.54, 1.807) is 26.1 Å². The van der Waals surface area contributed by atoms with Gasteiger partial charge in [0.2, 0.25) is 0 Å². The Morgan fingerprint density at radius 2 is 1.76 bits per heavy atom. The molecule has 0 radical (unpaired) electrons. The molecule has 9 heteroatoms. The summed E-state index contributed by atoms with van der Waals surface area (Å²) in [5.41, 5.74) is 3.34. The van der Waals surface area contributed by atoms with Crippen LogP contribution in [0, 0.1) is 12.7 Å². The standard InChI is InChI=1S/C24H32FN5O2.HI/c1-18-7-8-19(15-22(18)25)23(31)27-9-10-28-24(26-2)29-16-20-5-3-4-6-21(20)17-30-11-13-32-14-12-30;/h3-8,15H,9-14,16-17H2,1-2H3,(H,27,31)(H2,26,28,29);1H. The molecule has 0 saturated carbocycles. The third-order valence-electron chi connectivity index (χ3n) is 5.42. The van der Waals surface area contributed by atoms with Gasteiger partial charge in [0.15, 0.2) is 5.96 Å². The van der Waals surface area contributed by atoms with Crippen LogP contribution in [0.4, 0.5) is 4.39 Å². The first-order valence-electron chi connectivity index (χ1n) is 10.9. The molecule has 180 valence electrons. The Morgan fingerprint density at radius 1 is 1.06 bits per heavy atom. The molecule has 0 unspecified atom stereocenters. The third-order valence-corrected chi connectivity index (χ3v) is 5.42. The summed E-state index contributed by atoms with van der Waals surface area (Å²) in [4.78, 5) is 18.8. The number of carbonyl (C=O) groups is 1. The monoisotopic (exact) mass is 569 g/mol. The van der Waals surface area contributed by atoms with Gasteiger partial charge in [-0.1, -0.05) is 30.3 Å². The Kier molecular flexibility index (Phi) is 11.6. The quantitative estimate of drug-likeness (QED) is 0.197. The van der Waals surface area contributed by atoms with E-state index in [1.807, 2.05) is 6.07 Å². The minimum Gasteiger partial charge on any atom is -0.379 e. The molecule has 3 rings (SSSR count). The van der Waals surface area contributed by atoms with Crippen LogP contribution in [0.25, 0.3) is 0 Å². The number of aliphatic imine (C=N–C) groups is 1. The molecule has 1 aliphatic heterocycles. The summed E-state index contributed by atoms with van der Waals surface area (Å²) >= 11 is 0. The lowest BCUT2D eigenvalue weighted by molar-refractivity contribution is 0.0341. The van der Waals surface area contributed by atoms with Crippen LogP contribution in [0.5, 0.6) is 0 Å². The van der Waals surface area contributed by atoms with Gasteiger partial charge in [0.25, 0.3) is 5.91 Å². The number of carbonyl (C=O) groups excluding carboxylic acids is 1. The van der Waals surface area contributed by atoms with E-state index in [4.69, 9.17) is 4.74 Å². The van der Waals surface area contributed by atoms with Crippen LogP contribution >= 0.6 is 24.0 Å². The van der Waals surface area contributed by atoms with Gasteiger partial charge in [-0.05, 0) is 35.7 Å². The lowest BCUT2D eigenvalue weighted by Gasteiger charge is -2.27. The van der Waals surface area contributed by atoms with Crippen LogP contribution in [0.15, 0.2) is 47.5 Å². The number of hydrogen-bond acceptors (Lipinski definition) is 4. The van der Waals surface area contributed by atoms with Gasteiger partial charge in [-0.2, -0.15) is 0 Å². The van der Waals surface area contributed by atoms with Gasteiger partial charge >= 0.3 is 0 Å². The van der Waals surface area contributed by atoms with Gasteiger partial charge in [0.05, 0.1) is 13.2 Å². The predicted molar refractivity (Wildman–Crippen MR) is 140 cm³/mol. The van der Waals surface area contributed by atoms with Crippen molar-refractivity contribution in [3.05, 3.63) is 70.5 Å². The molecular formula is C24H33FIN5O2. The molecule has 3 N–H and O–H groups in total. The lowest BCUT2D eigenvalue weighted by Crippen LogP contribution is -2.41. The number of guanidine groups is 1. The van der Waals surface area contributed by atoms with Gasteiger partial charge in [-0.25, -0.2) is 4.39 Å². The van der Waals surface area contributed by atoms with Gasteiger partial charge in [-0.3, -0.25) is 14.7 Å². The van der Waals surface area contributed by atoms with Crippen LogP contribution in [0.3, 0.4) is 0 Å². The zero-order valence-corrected chi connectivity index (χ0v) is 21.5. The highest BCUT2D eigenvalue weighted by atomic mass is 127. The van der Waals surface area contributed by atoms with Crippen molar-refractivity contribution in [2.75, 3.05) is 46.4 Å². The van der Waals surface area contributed by atoms with Crippen LogP contribution in [-0.4, -0.2) is 63.2 Å². The smallest absolute Gasteiger partial charge is 0.251 e. The van der Waals surface area contributed by atoms with Crippen molar-refractivity contribution in [1.29, 1.82) is 0 Å². The number of nitrogens with one attached hydrogen (secondary N) is 3. The first-order valence-corrected chi connectivity index (χ1v) is 10.9. The molecule has 2 aromatic carbocycles. The molecule has 33 heavy (non-hydrogen) atoms. The highest BCUT2D eigenvalue weighted by Crippen LogP contribution is 2.13. The number of ether oxygens (including phenoxy) is 1. The number of halogens is 2. The Labute approximate surface area is 212 Å². The molecule has 0 bridgehead atoms. The van der Waals surface area contributed by atoms with Crippen molar-refractivity contribution in [2.45, 2.75) is 20.0 Å². The average molecular weight is 569 g/mol. The molecule has 1 amide bonds. The Morgan fingerprint density at radius 3 is 2.45 bits per heavy atom. The number of hydrogen-bond donors (Lipinski definition) is 3. The maximum absolute atomic E-state index is 13.6. The maximum Gasteiger partial charge on any atom is 0.251 e. The van der Waals surface area contributed by atoms with E-state index >= 15 is 0 Å². The summed E-state index contributed by atoms with van der Waals surface area (Å²) in [6.07, 6.45) is 0. The van der Waals surface area contributed by atoms with E-state index in [0.717, 1.165) is 32.8 Å². The van der Waals surface area contributed by atoms with Crippen molar-refractivity contribution in [2.24, 2.45) is 4.99 Å². The normalized spacial score (nSPS) is 14.3. The highest BCUT2D eigenvalue weighted by Gasteiger charge is 2.13. The molecule has 2 aromatic rings. The molecule has 0 aromatic heterocycles. The van der Waals surface area contributed by atoms with E-state index in [1.165, 1.54) is 17.2 Å². The number of aryl methyl sites for hydroxylation is 1. The van der Waals surface area contributed by atoms with Crippen LogP contribution in [0.2, 0.25) is 0 Å². The third kappa shape index (κ3) is 8.56. The molecule has 1 saturated heterocycles. The minimum absolute atomic E-state index is 0. The summed E-state index contributed by atoms with van der Waals surface area (Å²) in [5.74, 6) is -0.0261. The largest absolute Gasteiger partial charge is 0.379 e. The van der Waals surface area contributed by atoms with Crippen LogP contribution < -0.4 is 16.0 Å². The van der Waals surface area contributed by atoms with Crippen LogP contribution in [0.1, 0.15) is 27.0 Å². The molecule has 1 aliphatic rings. The summed E-state index contributed by atoms with van der Waals surface area (Å²) in [7, 11) is 1.71. The molecule has 1 fully saturated rings. The number of nitrogens with zero attached hydrogens (tertiary/aromatic N) is 2. The van der Waals surface area contributed by atoms with Crippen molar-refractivity contribution in [1.82, 2.24) is 20.9 Å². The number of amides is 1. The summed E-state index contributed by atoms with van der Waals surface area (Å²) in [6, 6.07) is 12.9. The second kappa shape index (κ2) is 14.1. The second-order valence-electron chi connectivity index (χ2n) is 7.73. The number of morpholine rings is 1. The maximum atomic E-state index is 13.6. The van der Waals surface area contributed by atoms with Crippen molar-refractivity contribution >= 4 is 35.8 Å². The molecule has 0 aliphatic carbocycles. The van der Waals surface area contributed by atoms with Gasteiger partial charge in [0.1, 0.15) is 5.82 Å². The van der Waals surface area contributed by atoms with Gasteiger partial charge < -0.3 is 20.7 Å². The Hall–Kier alpha value is -2.24. The fraction of sp³-hybridized carbons (Fsp3) is 0.417. The first kappa shape index (κ1) is 27.0. The van der Waals surface area contributed by atoms with Gasteiger partial charge in [-0.15, -0.1) is 24.0 Å². The van der Waals surface area contributed by atoms with E-state index < -0.39 is 0 Å². The summed E-state index contributed by atoms with van der Waals surface area (Å²) < 4.78 is 19.1. The molecule has 1 heterocycles. The van der Waals surface area contributed by atoms with Crippen molar-refractivity contribution < 1.29 is 13.9 Å². The summed E-state index contributed by atoms with van der Waals surface area (Å²) in [6.45, 7) is 7.57. The highest BCUT2D eigenvalue weighted by molar-refractivity contribution is 14.0. The summed E-state index contributed by atoms with van der Waals surface area (Å²) in [5, 5.41) is 9.31. The Balaban J connectivity index is 0.00000385. The Bertz CT molecular complexity index is 935. The minimum atomic E-state index is -0.380. The zero-order valence-electron chi connectivity index (χ0n) is 19.2. The van der Waals surface area contributed by atoms with Crippen molar-refractivity contribution in [3.8, 4) is 0 Å². The lowest BCUT2D eigenvalue weighted by atomic mass is 10.1. The predicted octanol–water partition coefficient (Wildman–Crippen LogP) is 2.68. The van der Waals surface area contributed by atoms with Crippen LogP contribution in [-0.2, 0) is 17.8 Å². The van der Waals surface area contributed by atoms with Gasteiger partial charge in [0, 0.05) is 51.9 Å². The fourth-order valence-electron chi connectivity index (χ4n) is 3.48. The first-order chi connectivity index (χ1) is 15.6. The topological polar surface area (TPSA) is 78.0 Å². The molecule has 7 nitrogen and oxygen atoms in total. The fourth-order valence-corrected chi connectivity index (χ4v) is 3.48. The second-order valence-corrected chi connectivity index (χ2v) is 7.73. The SMILES string of the molecule is CN=C(NCCNC(=O)c1ccc(C)c(F)c1)NCc1ccccc1CN1CCOCC1.I. The molecule has 0 atom stereocenters. The van der Waals surface area contributed by atoms with Crippen molar-refractivity contribution in [3.63, 3.8) is 0 Å². The number of benzene rings is 2. The van der Waals surface area contributed by atoms with E-state index in [-0.39, 0.29) is 35.7 Å². The number of rotatable bonds is 8. The van der Waals surface area contributed by atoms with E-state index in [2.05, 4.69) is 44.0 Å². The van der Waals surface area contributed by atoms with E-state index in [9.17, 15) is 9.18 Å². The molecular weight excluding hydrogens is 536 g/mol. The zero-order chi connectivity index (χ0) is 22.8. The van der Waals surface area contributed by atoms with E-state index in [0.29, 0.717) is 36.7 Å². The average Bonchev–Trinajstić information content (AvgIpc) is 2.81.